The molecule has 0 aliphatic carbocycles. The lowest BCUT2D eigenvalue weighted by Gasteiger charge is -2.28. The number of carbonyl (C=O) groups excluding carboxylic acids is 2. The lowest BCUT2D eigenvalue weighted by atomic mass is 9.95. The van der Waals surface area contributed by atoms with E-state index in [1.807, 2.05) is 30.3 Å². The molecule has 0 bridgehead atoms. The van der Waals surface area contributed by atoms with E-state index in [1.165, 1.54) is 0 Å². The number of hydrogen-bond acceptors (Lipinski definition) is 3. The van der Waals surface area contributed by atoms with Crippen molar-refractivity contribution in [3.8, 4) is 0 Å². The molecule has 1 aliphatic rings. The fraction of sp³-hybridized carbons (Fsp3) is 0.438. The molecule has 1 fully saturated rings. The van der Waals surface area contributed by atoms with E-state index in [2.05, 4.69) is 5.32 Å². The van der Waals surface area contributed by atoms with E-state index in [9.17, 15) is 19.5 Å². The molecular weight excluding hydrogens is 284 g/mol. The third-order valence-electron chi connectivity index (χ3n) is 3.93. The van der Waals surface area contributed by atoms with Crippen molar-refractivity contribution in [3.05, 3.63) is 35.9 Å². The van der Waals surface area contributed by atoms with Crippen LogP contribution in [0.25, 0.3) is 0 Å². The third-order valence-corrected chi connectivity index (χ3v) is 3.93. The SMILES string of the molecule is CN1CC[C@@H](C(=O)N[C@@H](Cc2ccccc2)C(=O)O)CC1=O. The normalized spacial score (nSPS) is 19.6. The van der Waals surface area contributed by atoms with Gasteiger partial charge >= 0.3 is 5.97 Å². The number of carboxylic acid groups (broad SMARTS) is 1. The molecule has 22 heavy (non-hydrogen) atoms. The Balaban J connectivity index is 1.97. The summed E-state index contributed by atoms with van der Waals surface area (Å²) in [6, 6.07) is 8.16. The van der Waals surface area contributed by atoms with Crippen molar-refractivity contribution in [2.75, 3.05) is 13.6 Å². The molecule has 1 aromatic carbocycles. The molecule has 0 radical (unpaired) electrons. The van der Waals surface area contributed by atoms with Gasteiger partial charge in [-0.15, -0.1) is 0 Å². The van der Waals surface area contributed by atoms with Crippen LogP contribution in [0, 0.1) is 5.92 Å². The lowest BCUT2D eigenvalue weighted by molar-refractivity contribution is -0.144. The molecule has 1 heterocycles. The molecule has 2 rings (SSSR count). The first kappa shape index (κ1) is 16.0. The molecule has 1 saturated heterocycles. The summed E-state index contributed by atoms with van der Waals surface area (Å²) >= 11 is 0. The number of nitrogens with one attached hydrogen (secondary N) is 1. The second-order valence-corrected chi connectivity index (χ2v) is 5.59. The van der Waals surface area contributed by atoms with Gasteiger partial charge in [-0.05, 0) is 12.0 Å². The summed E-state index contributed by atoms with van der Waals surface area (Å²) in [6.45, 7) is 0.521. The summed E-state index contributed by atoms with van der Waals surface area (Å²) in [5.74, 6) is -1.95. The standard InChI is InChI=1S/C16H20N2O4/c1-18-8-7-12(10-14(18)19)15(20)17-13(16(21)22)9-11-5-3-2-4-6-11/h2-6,12-13H,7-10H2,1H3,(H,17,20)(H,21,22)/t12-,13+/m1/s1. The van der Waals surface area contributed by atoms with E-state index in [1.54, 1.807) is 11.9 Å². The van der Waals surface area contributed by atoms with Crippen molar-refractivity contribution in [1.82, 2.24) is 10.2 Å². The fourth-order valence-corrected chi connectivity index (χ4v) is 2.51. The Kier molecular flexibility index (Phi) is 5.14. The number of nitrogens with zero attached hydrogens (tertiary/aromatic N) is 1. The summed E-state index contributed by atoms with van der Waals surface area (Å²) < 4.78 is 0. The number of piperidine rings is 1. The van der Waals surface area contributed by atoms with Gasteiger partial charge in [0.2, 0.25) is 11.8 Å². The number of benzene rings is 1. The van der Waals surface area contributed by atoms with Crippen molar-refractivity contribution in [3.63, 3.8) is 0 Å². The Morgan fingerprint density at radius 3 is 2.64 bits per heavy atom. The summed E-state index contributed by atoms with van der Waals surface area (Å²) in [7, 11) is 1.70. The molecule has 0 spiro atoms. The monoisotopic (exact) mass is 304 g/mol. The van der Waals surface area contributed by atoms with E-state index in [-0.39, 0.29) is 24.7 Å². The van der Waals surface area contributed by atoms with E-state index in [4.69, 9.17) is 0 Å². The van der Waals surface area contributed by atoms with Crippen molar-refractivity contribution in [2.24, 2.45) is 5.92 Å². The number of aliphatic carboxylic acids is 1. The fourth-order valence-electron chi connectivity index (χ4n) is 2.51. The van der Waals surface area contributed by atoms with Gasteiger partial charge in [-0.2, -0.15) is 0 Å². The van der Waals surface area contributed by atoms with Crippen LogP contribution in [0.4, 0.5) is 0 Å². The summed E-state index contributed by atoms with van der Waals surface area (Å²) in [5, 5.41) is 11.8. The van der Waals surface area contributed by atoms with Crippen LogP contribution in [-0.4, -0.2) is 47.4 Å². The predicted octanol–water partition coefficient (Wildman–Crippen LogP) is 0.667. The molecule has 118 valence electrons. The minimum Gasteiger partial charge on any atom is -0.480 e. The lowest BCUT2D eigenvalue weighted by Crippen LogP contribution is -2.48. The molecule has 1 aromatic rings. The Bertz CT molecular complexity index is 559. The zero-order chi connectivity index (χ0) is 16.1. The van der Waals surface area contributed by atoms with Gasteiger partial charge in [0.05, 0.1) is 0 Å². The van der Waals surface area contributed by atoms with Gasteiger partial charge in [-0.3, -0.25) is 9.59 Å². The average molecular weight is 304 g/mol. The molecule has 0 saturated carbocycles. The van der Waals surface area contributed by atoms with Crippen LogP contribution in [0.3, 0.4) is 0 Å². The number of amides is 2. The second kappa shape index (κ2) is 7.06. The second-order valence-electron chi connectivity index (χ2n) is 5.59. The Labute approximate surface area is 129 Å². The van der Waals surface area contributed by atoms with Crippen LogP contribution in [0.2, 0.25) is 0 Å². The van der Waals surface area contributed by atoms with E-state index >= 15 is 0 Å². The number of carboxylic acids is 1. The van der Waals surface area contributed by atoms with Gasteiger partial charge in [-0.25, -0.2) is 4.79 Å². The Hall–Kier alpha value is -2.37. The Morgan fingerprint density at radius 2 is 2.05 bits per heavy atom. The van der Waals surface area contributed by atoms with Crippen LogP contribution >= 0.6 is 0 Å². The van der Waals surface area contributed by atoms with Crippen molar-refractivity contribution < 1.29 is 19.5 Å². The number of rotatable bonds is 5. The zero-order valence-electron chi connectivity index (χ0n) is 12.5. The molecule has 0 unspecified atom stereocenters. The summed E-state index contributed by atoms with van der Waals surface area (Å²) in [4.78, 5) is 36.8. The largest absolute Gasteiger partial charge is 0.480 e. The Morgan fingerprint density at radius 1 is 1.36 bits per heavy atom. The number of carbonyl (C=O) groups is 3. The van der Waals surface area contributed by atoms with Crippen LogP contribution in [-0.2, 0) is 20.8 Å². The smallest absolute Gasteiger partial charge is 0.326 e. The van der Waals surface area contributed by atoms with Crippen molar-refractivity contribution in [1.29, 1.82) is 0 Å². The van der Waals surface area contributed by atoms with Gasteiger partial charge in [0.25, 0.3) is 0 Å². The number of likely N-dealkylation sites (tertiary alicyclic amines) is 1. The van der Waals surface area contributed by atoms with E-state index in [0.29, 0.717) is 13.0 Å². The van der Waals surface area contributed by atoms with Crippen LogP contribution < -0.4 is 5.32 Å². The van der Waals surface area contributed by atoms with Crippen LogP contribution in [0.15, 0.2) is 30.3 Å². The highest BCUT2D eigenvalue weighted by molar-refractivity contribution is 5.89. The van der Waals surface area contributed by atoms with Crippen molar-refractivity contribution in [2.45, 2.75) is 25.3 Å². The molecule has 2 atom stereocenters. The maximum absolute atomic E-state index is 12.2. The zero-order valence-corrected chi connectivity index (χ0v) is 12.5. The van der Waals surface area contributed by atoms with Crippen LogP contribution in [0.5, 0.6) is 0 Å². The van der Waals surface area contributed by atoms with Gasteiger partial charge in [0, 0.05) is 32.4 Å². The minimum atomic E-state index is -1.07. The quantitative estimate of drug-likeness (QED) is 0.837. The van der Waals surface area contributed by atoms with Gasteiger partial charge in [0.1, 0.15) is 6.04 Å². The molecule has 2 amide bonds. The first-order valence-corrected chi connectivity index (χ1v) is 7.28. The highest BCUT2D eigenvalue weighted by atomic mass is 16.4. The predicted molar refractivity (Wildman–Crippen MR) is 80.1 cm³/mol. The van der Waals surface area contributed by atoms with Gasteiger partial charge in [-0.1, -0.05) is 30.3 Å². The third kappa shape index (κ3) is 4.07. The first-order valence-electron chi connectivity index (χ1n) is 7.28. The highest BCUT2D eigenvalue weighted by Crippen LogP contribution is 2.17. The van der Waals surface area contributed by atoms with E-state index < -0.39 is 17.9 Å². The van der Waals surface area contributed by atoms with E-state index in [0.717, 1.165) is 5.56 Å². The molecule has 0 aromatic heterocycles. The minimum absolute atomic E-state index is 0.0821. The maximum atomic E-state index is 12.2. The van der Waals surface area contributed by atoms with Crippen molar-refractivity contribution >= 4 is 17.8 Å². The molecule has 1 aliphatic heterocycles. The average Bonchev–Trinajstić information content (AvgIpc) is 2.50. The molecule has 2 N–H and O–H groups in total. The summed E-state index contributed by atoms with van der Waals surface area (Å²) in [6.07, 6.45) is 0.925. The van der Waals surface area contributed by atoms with Gasteiger partial charge < -0.3 is 15.3 Å². The number of hydrogen-bond donors (Lipinski definition) is 2. The maximum Gasteiger partial charge on any atom is 0.326 e. The molecule has 6 heteroatoms. The van der Waals surface area contributed by atoms with Crippen LogP contribution in [0.1, 0.15) is 18.4 Å². The highest BCUT2D eigenvalue weighted by Gasteiger charge is 2.31. The first-order chi connectivity index (χ1) is 10.5. The summed E-state index contributed by atoms with van der Waals surface area (Å²) in [5.41, 5.74) is 0.842. The topological polar surface area (TPSA) is 86.7 Å². The molecule has 6 nitrogen and oxygen atoms in total. The van der Waals surface area contributed by atoms with Gasteiger partial charge in [0.15, 0.2) is 0 Å². The molecular formula is C16H20N2O4.